The monoisotopic (exact) mass is 267 g/mol. The molecule has 0 heterocycles. The molecule has 0 spiro atoms. The van der Waals surface area contributed by atoms with Crippen molar-refractivity contribution < 1.29 is 14.7 Å². The van der Waals surface area contributed by atoms with Crippen LogP contribution in [0.15, 0.2) is 0 Å². The lowest BCUT2D eigenvalue weighted by Gasteiger charge is -2.34. The molecule has 0 bridgehead atoms. The van der Waals surface area contributed by atoms with Crippen LogP contribution in [0.3, 0.4) is 0 Å². The summed E-state index contributed by atoms with van der Waals surface area (Å²) in [4.78, 5) is 24.9. The summed E-state index contributed by atoms with van der Waals surface area (Å²) < 4.78 is 0. The minimum atomic E-state index is -0.711. The molecule has 0 aromatic heterocycles. The fourth-order valence-electron chi connectivity index (χ4n) is 3.32. The van der Waals surface area contributed by atoms with Gasteiger partial charge in [-0.05, 0) is 50.4 Å². The van der Waals surface area contributed by atoms with Gasteiger partial charge in [0.15, 0.2) is 0 Å². The van der Waals surface area contributed by atoms with E-state index < -0.39 is 5.97 Å². The van der Waals surface area contributed by atoms with Crippen molar-refractivity contribution in [2.24, 2.45) is 17.8 Å². The lowest BCUT2D eigenvalue weighted by Crippen LogP contribution is -2.39. The van der Waals surface area contributed by atoms with Crippen molar-refractivity contribution in [3.63, 3.8) is 0 Å². The highest BCUT2D eigenvalue weighted by molar-refractivity contribution is 5.78. The molecule has 2 fully saturated rings. The van der Waals surface area contributed by atoms with Gasteiger partial charge in [-0.25, -0.2) is 0 Å². The number of amides is 1. The van der Waals surface area contributed by atoms with Gasteiger partial charge in [0.05, 0.1) is 0 Å². The Morgan fingerprint density at radius 3 is 2.16 bits per heavy atom. The molecule has 2 rings (SSSR count). The van der Waals surface area contributed by atoms with Crippen LogP contribution in [0.5, 0.6) is 0 Å². The minimum Gasteiger partial charge on any atom is -0.481 e. The molecule has 19 heavy (non-hydrogen) atoms. The van der Waals surface area contributed by atoms with Crippen LogP contribution in [0.2, 0.25) is 0 Å². The maximum atomic E-state index is 12.3. The summed E-state index contributed by atoms with van der Waals surface area (Å²) in [6, 6.07) is 0. The maximum absolute atomic E-state index is 12.3. The third-order valence-corrected chi connectivity index (χ3v) is 4.79. The summed E-state index contributed by atoms with van der Waals surface area (Å²) in [5.41, 5.74) is 0. The first-order chi connectivity index (χ1) is 9.06. The topological polar surface area (TPSA) is 57.6 Å². The zero-order valence-electron chi connectivity index (χ0n) is 11.8. The predicted molar refractivity (Wildman–Crippen MR) is 72.7 cm³/mol. The Balaban J connectivity index is 1.73. The molecule has 1 amide bonds. The van der Waals surface area contributed by atoms with E-state index in [9.17, 15) is 9.59 Å². The number of nitrogens with zero attached hydrogens (tertiary/aromatic N) is 1. The number of carboxylic acid groups (broad SMARTS) is 1. The molecular weight excluding hydrogens is 242 g/mol. The largest absolute Gasteiger partial charge is 0.481 e. The molecule has 4 nitrogen and oxygen atoms in total. The Morgan fingerprint density at radius 2 is 1.68 bits per heavy atom. The van der Waals surface area contributed by atoms with E-state index in [-0.39, 0.29) is 24.2 Å². The van der Waals surface area contributed by atoms with Gasteiger partial charge in [-0.3, -0.25) is 9.59 Å². The predicted octanol–water partition coefficient (Wildman–Crippen LogP) is 2.53. The first-order valence-corrected chi connectivity index (χ1v) is 7.53. The highest BCUT2D eigenvalue weighted by Crippen LogP contribution is 2.33. The van der Waals surface area contributed by atoms with Gasteiger partial charge in [0.1, 0.15) is 0 Å². The molecule has 2 aliphatic rings. The molecule has 0 aromatic rings. The van der Waals surface area contributed by atoms with Gasteiger partial charge in [0, 0.05) is 25.9 Å². The van der Waals surface area contributed by atoms with Crippen molar-refractivity contribution in [1.82, 2.24) is 4.90 Å². The van der Waals surface area contributed by atoms with Gasteiger partial charge < -0.3 is 10.0 Å². The van der Waals surface area contributed by atoms with E-state index in [0.717, 1.165) is 38.1 Å². The second-order valence-electron chi connectivity index (χ2n) is 6.33. The smallest absolute Gasteiger partial charge is 0.303 e. The van der Waals surface area contributed by atoms with Crippen molar-refractivity contribution in [3.8, 4) is 0 Å². The van der Waals surface area contributed by atoms with Crippen LogP contribution < -0.4 is 0 Å². The van der Waals surface area contributed by atoms with Gasteiger partial charge in [-0.1, -0.05) is 6.42 Å². The second-order valence-corrected chi connectivity index (χ2v) is 6.33. The van der Waals surface area contributed by atoms with Crippen molar-refractivity contribution in [3.05, 3.63) is 0 Å². The van der Waals surface area contributed by atoms with Crippen molar-refractivity contribution in [1.29, 1.82) is 0 Å². The number of rotatable bonds is 5. The van der Waals surface area contributed by atoms with Crippen LogP contribution in [0.1, 0.15) is 51.4 Å². The zero-order valence-corrected chi connectivity index (χ0v) is 11.8. The fraction of sp³-hybridized carbons (Fsp3) is 0.867. The highest BCUT2D eigenvalue weighted by Gasteiger charge is 2.30. The quantitative estimate of drug-likeness (QED) is 0.832. The number of carbonyl (C=O) groups is 2. The summed E-state index contributed by atoms with van der Waals surface area (Å²) in [6.45, 7) is 0.911. The van der Waals surface area contributed by atoms with E-state index >= 15 is 0 Å². The Morgan fingerprint density at radius 1 is 1.05 bits per heavy atom. The van der Waals surface area contributed by atoms with Gasteiger partial charge in [0.25, 0.3) is 0 Å². The molecule has 0 aromatic carbocycles. The normalized spacial score (nSPS) is 27.6. The van der Waals surface area contributed by atoms with E-state index in [0.29, 0.717) is 0 Å². The lowest BCUT2D eigenvalue weighted by atomic mass is 9.79. The van der Waals surface area contributed by atoms with Crippen LogP contribution in [0.4, 0.5) is 0 Å². The number of carboxylic acids is 1. The molecule has 1 N–H and O–H groups in total. The van der Waals surface area contributed by atoms with Gasteiger partial charge in [-0.2, -0.15) is 0 Å². The molecular formula is C15H25NO3. The molecule has 0 radical (unpaired) electrons. The molecule has 0 atom stereocenters. The number of carbonyl (C=O) groups excluding carboxylic acids is 1. The summed E-state index contributed by atoms with van der Waals surface area (Å²) in [5, 5.41) is 8.79. The Bertz CT molecular complexity index is 330. The molecule has 2 saturated carbocycles. The lowest BCUT2D eigenvalue weighted by molar-refractivity contribution is -0.138. The summed E-state index contributed by atoms with van der Waals surface area (Å²) in [6.07, 6.45) is 7.62. The Kier molecular flexibility index (Phi) is 4.83. The average Bonchev–Trinajstić information content (AvgIpc) is 2.33. The Labute approximate surface area is 115 Å². The molecule has 0 saturated heterocycles. The fourth-order valence-corrected chi connectivity index (χ4v) is 3.32. The van der Waals surface area contributed by atoms with Crippen molar-refractivity contribution in [2.45, 2.75) is 51.4 Å². The first kappa shape index (κ1) is 14.4. The number of aliphatic carboxylic acids is 1. The van der Waals surface area contributed by atoms with Crippen LogP contribution in [-0.2, 0) is 9.59 Å². The summed E-state index contributed by atoms with van der Waals surface area (Å²) in [5.74, 6) is 0.698. The van der Waals surface area contributed by atoms with Crippen molar-refractivity contribution in [2.75, 3.05) is 13.6 Å². The Hall–Kier alpha value is -1.06. The van der Waals surface area contributed by atoms with E-state index in [2.05, 4.69) is 0 Å². The minimum absolute atomic E-state index is 0.134. The zero-order chi connectivity index (χ0) is 13.8. The molecule has 4 heteroatoms. The average molecular weight is 267 g/mol. The second kappa shape index (κ2) is 6.40. The van der Waals surface area contributed by atoms with Gasteiger partial charge in [-0.15, -0.1) is 0 Å². The van der Waals surface area contributed by atoms with Crippen LogP contribution in [0, 0.1) is 17.8 Å². The van der Waals surface area contributed by atoms with E-state index in [1.807, 2.05) is 11.9 Å². The standard InChI is InChI=1S/C15H25NO3/c1-16(10-12-3-2-4-12)15(19)13-7-5-11(6-8-13)9-14(17)18/h11-13H,2-10H2,1H3,(H,17,18). The van der Waals surface area contributed by atoms with Gasteiger partial charge >= 0.3 is 5.97 Å². The first-order valence-electron chi connectivity index (χ1n) is 7.53. The van der Waals surface area contributed by atoms with Gasteiger partial charge in [0.2, 0.25) is 5.91 Å². The SMILES string of the molecule is CN(CC1CCC1)C(=O)C1CCC(CC(=O)O)CC1. The molecule has 0 aliphatic heterocycles. The highest BCUT2D eigenvalue weighted by atomic mass is 16.4. The van der Waals surface area contributed by atoms with Crippen LogP contribution in [-0.4, -0.2) is 35.5 Å². The summed E-state index contributed by atoms with van der Waals surface area (Å²) >= 11 is 0. The van der Waals surface area contributed by atoms with E-state index in [1.54, 1.807) is 0 Å². The summed E-state index contributed by atoms with van der Waals surface area (Å²) in [7, 11) is 1.92. The van der Waals surface area contributed by atoms with Crippen LogP contribution >= 0.6 is 0 Å². The van der Waals surface area contributed by atoms with Crippen molar-refractivity contribution >= 4 is 11.9 Å². The number of hydrogen-bond donors (Lipinski definition) is 1. The number of hydrogen-bond acceptors (Lipinski definition) is 2. The molecule has 0 unspecified atom stereocenters. The third kappa shape index (κ3) is 3.95. The molecule has 2 aliphatic carbocycles. The van der Waals surface area contributed by atoms with Crippen LogP contribution in [0.25, 0.3) is 0 Å². The van der Waals surface area contributed by atoms with E-state index in [4.69, 9.17) is 5.11 Å². The maximum Gasteiger partial charge on any atom is 0.303 e. The molecule has 108 valence electrons. The van der Waals surface area contributed by atoms with E-state index in [1.165, 1.54) is 19.3 Å². The third-order valence-electron chi connectivity index (χ3n) is 4.79.